The van der Waals surface area contributed by atoms with Gasteiger partial charge < -0.3 is 20.4 Å². The van der Waals surface area contributed by atoms with Crippen molar-refractivity contribution < 1.29 is 9.53 Å². The second-order valence-corrected chi connectivity index (χ2v) is 4.69. The van der Waals surface area contributed by atoms with Crippen molar-refractivity contribution in [2.75, 3.05) is 19.0 Å². The Kier molecular flexibility index (Phi) is 3.59. The third-order valence-corrected chi connectivity index (χ3v) is 3.29. The maximum atomic E-state index is 11.4. The van der Waals surface area contributed by atoms with Crippen molar-refractivity contribution in [3.05, 3.63) is 42.0 Å². The summed E-state index contributed by atoms with van der Waals surface area (Å²) in [4.78, 5) is 18.5. The Morgan fingerprint density at radius 3 is 3.14 bits per heavy atom. The molecule has 6 nitrogen and oxygen atoms in total. The predicted octanol–water partition coefficient (Wildman–Crippen LogP) is 2.48. The van der Waals surface area contributed by atoms with Crippen LogP contribution in [0.4, 0.5) is 10.5 Å². The molecule has 2 aromatic rings. The largest absolute Gasteiger partial charge is 0.493 e. The summed E-state index contributed by atoms with van der Waals surface area (Å²) in [5, 5.41) is 5.30. The summed E-state index contributed by atoms with van der Waals surface area (Å²) in [6.07, 6.45) is 6.29. The maximum absolute atomic E-state index is 11.4. The number of benzene rings is 1. The van der Waals surface area contributed by atoms with Crippen molar-refractivity contribution in [1.82, 2.24) is 15.3 Å². The van der Waals surface area contributed by atoms with Crippen LogP contribution < -0.4 is 15.4 Å². The number of anilines is 1. The minimum atomic E-state index is -0.245. The van der Waals surface area contributed by atoms with E-state index in [0.29, 0.717) is 6.61 Å². The lowest BCUT2D eigenvalue weighted by Gasteiger charge is -2.21. The van der Waals surface area contributed by atoms with Gasteiger partial charge in [0.05, 0.1) is 24.8 Å². The van der Waals surface area contributed by atoms with Crippen LogP contribution in [-0.2, 0) is 0 Å². The molecule has 21 heavy (non-hydrogen) atoms. The van der Waals surface area contributed by atoms with E-state index < -0.39 is 0 Å². The van der Waals surface area contributed by atoms with E-state index in [1.165, 1.54) is 0 Å². The Bertz CT molecular complexity index is 677. The summed E-state index contributed by atoms with van der Waals surface area (Å²) in [5.41, 5.74) is 3.82. The van der Waals surface area contributed by atoms with E-state index >= 15 is 0 Å². The number of hydrogen-bond donors (Lipinski definition) is 3. The average molecular weight is 284 g/mol. The maximum Gasteiger partial charge on any atom is 0.318 e. The molecule has 0 bridgehead atoms. The summed E-state index contributed by atoms with van der Waals surface area (Å²) in [6, 6.07) is 5.38. The van der Waals surface area contributed by atoms with Gasteiger partial charge in [-0.3, -0.25) is 0 Å². The normalized spacial score (nSPS) is 15.2. The summed E-state index contributed by atoms with van der Waals surface area (Å²) in [5.74, 6) is 0.828. The van der Waals surface area contributed by atoms with Crippen molar-refractivity contribution in [3.63, 3.8) is 0 Å². The smallest absolute Gasteiger partial charge is 0.318 e. The van der Waals surface area contributed by atoms with Crippen molar-refractivity contribution in [1.29, 1.82) is 0 Å². The van der Waals surface area contributed by atoms with E-state index in [4.69, 9.17) is 4.74 Å². The van der Waals surface area contributed by atoms with E-state index in [1.54, 1.807) is 19.6 Å². The van der Waals surface area contributed by atoms with Gasteiger partial charge in [-0.25, -0.2) is 9.78 Å². The summed E-state index contributed by atoms with van der Waals surface area (Å²) < 4.78 is 5.66. The van der Waals surface area contributed by atoms with Gasteiger partial charge in [0, 0.05) is 24.7 Å². The van der Waals surface area contributed by atoms with Crippen LogP contribution in [0.25, 0.3) is 11.6 Å². The topological polar surface area (TPSA) is 79.0 Å². The van der Waals surface area contributed by atoms with Crippen molar-refractivity contribution in [3.8, 4) is 5.75 Å². The van der Waals surface area contributed by atoms with E-state index in [0.717, 1.165) is 34.7 Å². The molecular formula is C15H16N4O2. The number of ether oxygens (including phenoxy) is 1. The number of H-pyrrole nitrogens is 1. The van der Waals surface area contributed by atoms with E-state index in [1.807, 2.05) is 18.2 Å². The number of nitrogens with zero attached hydrogens (tertiary/aromatic N) is 1. The Morgan fingerprint density at radius 1 is 1.48 bits per heavy atom. The molecule has 0 saturated heterocycles. The van der Waals surface area contributed by atoms with Crippen LogP contribution in [0.3, 0.4) is 0 Å². The highest BCUT2D eigenvalue weighted by Crippen LogP contribution is 2.35. The first-order valence-electron chi connectivity index (χ1n) is 6.71. The van der Waals surface area contributed by atoms with Crippen LogP contribution in [0.1, 0.15) is 17.7 Å². The number of aromatic nitrogens is 2. The van der Waals surface area contributed by atoms with E-state index in [9.17, 15) is 4.79 Å². The van der Waals surface area contributed by atoms with Gasteiger partial charge in [-0.2, -0.15) is 0 Å². The van der Waals surface area contributed by atoms with Gasteiger partial charge in [-0.1, -0.05) is 0 Å². The zero-order valence-corrected chi connectivity index (χ0v) is 11.6. The van der Waals surface area contributed by atoms with Gasteiger partial charge in [-0.05, 0) is 29.8 Å². The highest BCUT2D eigenvalue weighted by molar-refractivity contribution is 5.91. The van der Waals surface area contributed by atoms with Crippen LogP contribution >= 0.6 is 0 Å². The molecule has 108 valence electrons. The predicted molar refractivity (Wildman–Crippen MR) is 81.1 cm³/mol. The number of carbonyl (C=O) groups is 1. The Balaban J connectivity index is 1.95. The number of imidazole rings is 1. The Hall–Kier alpha value is -2.76. The first kappa shape index (κ1) is 13.2. The van der Waals surface area contributed by atoms with E-state index in [-0.39, 0.29) is 6.03 Å². The molecule has 0 spiro atoms. The molecule has 1 aliphatic rings. The van der Waals surface area contributed by atoms with Gasteiger partial charge in [0.1, 0.15) is 5.75 Å². The number of carbonyl (C=O) groups excluding carboxylic acids is 1. The Morgan fingerprint density at radius 2 is 2.38 bits per heavy atom. The molecule has 1 aromatic heterocycles. The molecule has 0 saturated carbocycles. The Labute approximate surface area is 122 Å². The van der Waals surface area contributed by atoms with Crippen LogP contribution in [0, 0.1) is 0 Å². The van der Waals surface area contributed by atoms with Crippen LogP contribution in [0.15, 0.2) is 30.7 Å². The molecular weight excluding hydrogens is 268 g/mol. The minimum absolute atomic E-state index is 0.245. The first-order valence-corrected chi connectivity index (χ1v) is 6.71. The second-order valence-electron chi connectivity index (χ2n) is 4.69. The number of fused-ring (bicyclic) bond motifs is 1. The molecule has 0 unspecified atom stereocenters. The molecule has 0 atom stereocenters. The quantitative estimate of drug-likeness (QED) is 0.792. The fourth-order valence-electron chi connectivity index (χ4n) is 2.27. The molecule has 6 heteroatoms. The molecule has 0 fully saturated rings. The van der Waals surface area contributed by atoms with Crippen LogP contribution in [0.5, 0.6) is 5.75 Å². The second kappa shape index (κ2) is 5.70. The number of rotatable bonds is 2. The highest BCUT2D eigenvalue weighted by Gasteiger charge is 2.16. The summed E-state index contributed by atoms with van der Waals surface area (Å²) in [7, 11) is 1.58. The lowest BCUT2D eigenvalue weighted by atomic mass is 9.98. The molecule has 2 heterocycles. The third kappa shape index (κ3) is 2.89. The number of urea groups is 1. The first-order chi connectivity index (χ1) is 10.3. The standard InChI is InChI=1S/C15H16N4O2/c1-16-15(20)19-11-2-3-14-13(7-11)10(4-5-21-14)6-12-8-17-9-18-12/h2-3,6-9H,4-5H2,1H3,(H,17,18)(H2,16,19,20)/b10-6-. The minimum Gasteiger partial charge on any atom is -0.493 e. The summed E-state index contributed by atoms with van der Waals surface area (Å²) >= 11 is 0. The highest BCUT2D eigenvalue weighted by atomic mass is 16.5. The fraction of sp³-hybridized carbons (Fsp3) is 0.200. The molecule has 0 aliphatic carbocycles. The van der Waals surface area contributed by atoms with Gasteiger partial charge in [-0.15, -0.1) is 0 Å². The third-order valence-electron chi connectivity index (χ3n) is 3.29. The monoisotopic (exact) mass is 284 g/mol. The average Bonchev–Trinajstić information content (AvgIpc) is 3.01. The molecule has 1 aliphatic heterocycles. The van der Waals surface area contributed by atoms with Crippen molar-refractivity contribution in [2.45, 2.75) is 6.42 Å². The zero-order valence-electron chi connectivity index (χ0n) is 11.6. The van der Waals surface area contributed by atoms with Gasteiger partial charge in [0.15, 0.2) is 0 Å². The molecule has 3 N–H and O–H groups in total. The van der Waals surface area contributed by atoms with Crippen LogP contribution in [0.2, 0.25) is 0 Å². The number of amides is 2. The van der Waals surface area contributed by atoms with E-state index in [2.05, 4.69) is 26.7 Å². The lowest BCUT2D eigenvalue weighted by molar-refractivity contribution is 0.254. The SMILES string of the molecule is CNC(=O)Nc1ccc2c(c1)/C(=C\c1cnc[nH]1)CCO2. The van der Waals surface area contributed by atoms with Gasteiger partial charge in [0.25, 0.3) is 0 Å². The molecule has 2 amide bonds. The lowest BCUT2D eigenvalue weighted by Crippen LogP contribution is -2.24. The van der Waals surface area contributed by atoms with Crippen molar-refractivity contribution in [2.24, 2.45) is 0 Å². The molecule has 0 radical (unpaired) electrons. The van der Waals surface area contributed by atoms with Gasteiger partial charge in [0.2, 0.25) is 0 Å². The summed E-state index contributed by atoms with van der Waals surface area (Å²) in [6.45, 7) is 0.648. The van der Waals surface area contributed by atoms with Gasteiger partial charge >= 0.3 is 6.03 Å². The van der Waals surface area contributed by atoms with Crippen LogP contribution in [-0.4, -0.2) is 29.7 Å². The zero-order chi connectivity index (χ0) is 14.7. The fourth-order valence-corrected chi connectivity index (χ4v) is 2.27. The number of nitrogens with one attached hydrogen (secondary N) is 3. The number of hydrogen-bond acceptors (Lipinski definition) is 3. The van der Waals surface area contributed by atoms with Crippen molar-refractivity contribution >= 4 is 23.4 Å². The number of aromatic amines is 1. The molecule has 3 rings (SSSR count). The molecule has 1 aromatic carbocycles.